The van der Waals surface area contributed by atoms with Gasteiger partial charge in [0.15, 0.2) is 0 Å². The molecule has 1 unspecified atom stereocenters. The van der Waals surface area contributed by atoms with Crippen LogP contribution in [0.15, 0.2) is 22.7 Å². The maximum atomic E-state index is 14.6. The summed E-state index contributed by atoms with van der Waals surface area (Å²) >= 11 is 0. The lowest BCUT2D eigenvalue weighted by molar-refractivity contribution is 0.122. The van der Waals surface area contributed by atoms with Gasteiger partial charge in [0.1, 0.15) is 11.4 Å². The minimum Gasteiger partial charge on any atom is -0.378 e. The van der Waals surface area contributed by atoms with Gasteiger partial charge in [0.2, 0.25) is 11.7 Å². The number of aromatic nitrogens is 2. The zero-order valence-corrected chi connectivity index (χ0v) is 14.2. The van der Waals surface area contributed by atoms with Crippen molar-refractivity contribution >= 4 is 5.69 Å². The summed E-state index contributed by atoms with van der Waals surface area (Å²) in [7, 11) is 2.01. The van der Waals surface area contributed by atoms with Gasteiger partial charge >= 0.3 is 0 Å². The highest BCUT2D eigenvalue weighted by Crippen LogP contribution is 2.30. The van der Waals surface area contributed by atoms with Crippen LogP contribution < -0.4 is 10.6 Å². The summed E-state index contributed by atoms with van der Waals surface area (Å²) < 4.78 is 25.2. The van der Waals surface area contributed by atoms with Crippen LogP contribution in [0, 0.1) is 5.82 Å². The fourth-order valence-electron chi connectivity index (χ4n) is 3.45. The van der Waals surface area contributed by atoms with Gasteiger partial charge in [0.05, 0.1) is 18.9 Å². The lowest BCUT2D eigenvalue weighted by atomic mass is 10.0. The fourth-order valence-corrected chi connectivity index (χ4v) is 3.45. The lowest BCUT2D eigenvalue weighted by Crippen LogP contribution is -2.39. The van der Waals surface area contributed by atoms with Gasteiger partial charge in [-0.25, -0.2) is 4.39 Å². The van der Waals surface area contributed by atoms with E-state index in [0.717, 1.165) is 13.0 Å². The molecular formula is C17H22FN5O2. The molecule has 3 heterocycles. The van der Waals surface area contributed by atoms with Gasteiger partial charge in [-0.05, 0) is 31.7 Å². The Labute approximate surface area is 145 Å². The molecule has 7 nitrogen and oxygen atoms in total. The third-order valence-corrected chi connectivity index (χ3v) is 4.90. The SMILES string of the molecule is CN1CCC(N)(c2nc(-c3ccc(N4CCOCC4)c(F)c3)no2)C1. The molecule has 0 aliphatic carbocycles. The second-order valence-corrected chi connectivity index (χ2v) is 6.83. The van der Waals surface area contributed by atoms with Crippen molar-refractivity contribution in [1.29, 1.82) is 0 Å². The van der Waals surface area contributed by atoms with E-state index in [1.807, 2.05) is 18.0 Å². The molecule has 0 bridgehead atoms. The number of halogens is 1. The number of likely N-dealkylation sites (tertiary alicyclic amines) is 1. The lowest BCUT2D eigenvalue weighted by Gasteiger charge is -2.29. The number of nitrogens with two attached hydrogens (primary N) is 1. The van der Waals surface area contributed by atoms with E-state index in [0.29, 0.717) is 55.8 Å². The Morgan fingerprint density at radius 1 is 1.24 bits per heavy atom. The van der Waals surface area contributed by atoms with E-state index in [1.165, 1.54) is 6.07 Å². The van der Waals surface area contributed by atoms with Crippen molar-refractivity contribution in [2.45, 2.75) is 12.0 Å². The van der Waals surface area contributed by atoms with Crippen LogP contribution in [0.3, 0.4) is 0 Å². The number of likely N-dealkylation sites (N-methyl/N-ethyl adjacent to an activating group) is 1. The molecule has 0 saturated carbocycles. The number of morpholine rings is 1. The second kappa shape index (κ2) is 6.36. The van der Waals surface area contributed by atoms with E-state index in [1.54, 1.807) is 6.07 Å². The number of rotatable bonds is 3. The predicted octanol–water partition coefficient (Wildman–Crippen LogP) is 1.20. The average Bonchev–Trinajstić information content (AvgIpc) is 3.24. The number of benzene rings is 1. The van der Waals surface area contributed by atoms with Gasteiger partial charge in [0.25, 0.3) is 0 Å². The second-order valence-electron chi connectivity index (χ2n) is 6.83. The van der Waals surface area contributed by atoms with Crippen molar-refractivity contribution in [3.63, 3.8) is 0 Å². The Morgan fingerprint density at radius 3 is 2.72 bits per heavy atom. The van der Waals surface area contributed by atoms with Crippen LogP contribution in [-0.4, -0.2) is 61.5 Å². The van der Waals surface area contributed by atoms with Crippen LogP contribution in [0.5, 0.6) is 0 Å². The Bertz CT molecular complexity index is 761. The number of ether oxygens (including phenoxy) is 1. The first-order valence-corrected chi connectivity index (χ1v) is 8.49. The standard InChI is InChI=1S/C17H22FN5O2/c1-22-5-4-17(19,11-22)16-20-15(21-25-16)12-2-3-14(13(18)10-12)23-6-8-24-9-7-23/h2-3,10H,4-9,11,19H2,1H3. The maximum Gasteiger partial charge on any atom is 0.248 e. The van der Waals surface area contributed by atoms with Crippen LogP contribution in [-0.2, 0) is 10.3 Å². The molecule has 2 fully saturated rings. The smallest absolute Gasteiger partial charge is 0.248 e. The van der Waals surface area contributed by atoms with Crippen LogP contribution >= 0.6 is 0 Å². The van der Waals surface area contributed by atoms with Crippen LogP contribution in [0.4, 0.5) is 10.1 Å². The Kier molecular flexibility index (Phi) is 4.18. The summed E-state index contributed by atoms with van der Waals surface area (Å²) in [6, 6.07) is 5.02. The molecule has 2 N–H and O–H groups in total. The third kappa shape index (κ3) is 3.12. The molecule has 2 aromatic rings. The van der Waals surface area contributed by atoms with Gasteiger partial charge in [-0.1, -0.05) is 5.16 Å². The van der Waals surface area contributed by atoms with Crippen molar-refractivity contribution in [3.8, 4) is 11.4 Å². The molecule has 2 saturated heterocycles. The summed E-state index contributed by atoms with van der Waals surface area (Å²) in [5.74, 6) is 0.472. The number of anilines is 1. The summed E-state index contributed by atoms with van der Waals surface area (Å²) in [5.41, 5.74) is 6.91. The maximum absolute atomic E-state index is 14.6. The van der Waals surface area contributed by atoms with Gasteiger partial charge in [-0.15, -0.1) is 0 Å². The summed E-state index contributed by atoms with van der Waals surface area (Å²) in [6.45, 7) is 4.15. The minimum absolute atomic E-state index is 0.297. The zero-order valence-electron chi connectivity index (χ0n) is 14.2. The van der Waals surface area contributed by atoms with E-state index >= 15 is 0 Å². The summed E-state index contributed by atoms with van der Waals surface area (Å²) in [5, 5.41) is 4.00. The minimum atomic E-state index is -0.633. The molecule has 0 radical (unpaired) electrons. The third-order valence-electron chi connectivity index (χ3n) is 4.90. The van der Waals surface area contributed by atoms with Gasteiger partial charge in [-0.3, -0.25) is 0 Å². The highest BCUT2D eigenvalue weighted by molar-refractivity contribution is 5.61. The van der Waals surface area contributed by atoms with E-state index in [9.17, 15) is 4.39 Å². The number of nitrogens with zero attached hydrogens (tertiary/aromatic N) is 4. The van der Waals surface area contributed by atoms with Gasteiger partial charge in [-0.2, -0.15) is 4.98 Å². The molecule has 4 rings (SSSR count). The molecule has 0 amide bonds. The van der Waals surface area contributed by atoms with Crippen molar-refractivity contribution in [2.24, 2.45) is 5.73 Å². The molecule has 1 aromatic carbocycles. The fraction of sp³-hybridized carbons (Fsp3) is 0.529. The van der Waals surface area contributed by atoms with Crippen molar-refractivity contribution in [2.75, 3.05) is 51.3 Å². The molecule has 8 heteroatoms. The topological polar surface area (TPSA) is 80.7 Å². The van der Waals surface area contributed by atoms with Gasteiger partial charge < -0.3 is 24.8 Å². The van der Waals surface area contributed by atoms with E-state index < -0.39 is 5.54 Å². The number of hydrogen-bond donors (Lipinski definition) is 1. The van der Waals surface area contributed by atoms with E-state index in [-0.39, 0.29) is 5.82 Å². The molecule has 25 heavy (non-hydrogen) atoms. The van der Waals surface area contributed by atoms with Gasteiger partial charge in [0, 0.05) is 31.7 Å². The first kappa shape index (κ1) is 16.4. The summed E-state index contributed by atoms with van der Waals surface area (Å²) in [6.07, 6.45) is 0.759. The molecule has 2 aliphatic heterocycles. The Morgan fingerprint density at radius 2 is 2.04 bits per heavy atom. The first-order chi connectivity index (χ1) is 12.0. The molecule has 1 atom stereocenters. The quantitative estimate of drug-likeness (QED) is 0.893. The monoisotopic (exact) mass is 347 g/mol. The average molecular weight is 347 g/mol. The van der Waals surface area contributed by atoms with Crippen molar-refractivity contribution < 1.29 is 13.7 Å². The molecule has 1 aromatic heterocycles. The predicted molar refractivity (Wildman–Crippen MR) is 90.7 cm³/mol. The first-order valence-electron chi connectivity index (χ1n) is 8.49. The Balaban J connectivity index is 1.57. The van der Waals surface area contributed by atoms with E-state index in [2.05, 4.69) is 15.0 Å². The highest BCUT2D eigenvalue weighted by atomic mass is 19.1. The van der Waals surface area contributed by atoms with Crippen LogP contribution in [0.25, 0.3) is 11.4 Å². The zero-order chi connectivity index (χ0) is 17.4. The summed E-state index contributed by atoms with van der Waals surface area (Å²) in [4.78, 5) is 8.53. The Hall–Kier alpha value is -2.03. The van der Waals surface area contributed by atoms with Crippen LogP contribution in [0.2, 0.25) is 0 Å². The largest absolute Gasteiger partial charge is 0.378 e. The molecule has 0 spiro atoms. The molecule has 2 aliphatic rings. The van der Waals surface area contributed by atoms with Crippen molar-refractivity contribution in [1.82, 2.24) is 15.0 Å². The highest BCUT2D eigenvalue weighted by Gasteiger charge is 2.39. The number of hydrogen-bond acceptors (Lipinski definition) is 7. The van der Waals surface area contributed by atoms with Crippen LogP contribution in [0.1, 0.15) is 12.3 Å². The van der Waals surface area contributed by atoms with E-state index in [4.69, 9.17) is 15.0 Å². The van der Waals surface area contributed by atoms with Crippen molar-refractivity contribution in [3.05, 3.63) is 29.9 Å². The normalized spacial score (nSPS) is 24.8. The molecule has 134 valence electrons. The molecular weight excluding hydrogens is 325 g/mol.